The normalized spacial score (nSPS) is 16.7. The Bertz CT molecular complexity index is 1170. The number of nitrogens with zero attached hydrogens (tertiary/aromatic N) is 3. The maximum Gasteiger partial charge on any atom is 0.253 e. The van der Waals surface area contributed by atoms with Crippen LogP contribution in [0.15, 0.2) is 29.3 Å². The highest BCUT2D eigenvalue weighted by Gasteiger charge is 2.23. The summed E-state index contributed by atoms with van der Waals surface area (Å²) in [4.78, 5) is 44.8. The molecule has 1 fully saturated rings. The number of carbonyl (C=O) groups excluding carboxylic acids is 3. The number of aromatic amines is 1. The molecule has 206 valence electrons. The van der Waals surface area contributed by atoms with E-state index < -0.39 is 0 Å². The Hall–Kier alpha value is -2.82. The van der Waals surface area contributed by atoms with E-state index in [0.717, 1.165) is 63.1 Å². The number of nitrogens with one attached hydrogen (secondary N) is 2. The topological polar surface area (TPSA) is 109 Å². The van der Waals surface area contributed by atoms with Gasteiger partial charge >= 0.3 is 0 Å². The van der Waals surface area contributed by atoms with Gasteiger partial charge in [0.25, 0.3) is 11.8 Å². The Balaban J connectivity index is 1.13. The third-order valence-electron chi connectivity index (χ3n) is 7.47. The van der Waals surface area contributed by atoms with E-state index in [-0.39, 0.29) is 17.7 Å². The lowest BCUT2D eigenvalue weighted by Crippen LogP contribution is -2.48. The number of phenols is 1. The van der Waals surface area contributed by atoms with Crippen molar-refractivity contribution >= 4 is 40.4 Å². The summed E-state index contributed by atoms with van der Waals surface area (Å²) in [7, 11) is 0. The number of piperazine rings is 1. The van der Waals surface area contributed by atoms with Crippen LogP contribution in [0.5, 0.6) is 5.75 Å². The van der Waals surface area contributed by atoms with Crippen LogP contribution in [0.4, 0.5) is 0 Å². The summed E-state index contributed by atoms with van der Waals surface area (Å²) >= 11 is 1.71. The fourth-order valence-electron chi connectivity index (χ4n) is 5.25. The van der Waals surface area contributed by atoms with E-state index in [1.54, 1.807) is 11.8 Å². The minimum absolute atomic E-state index is 0.0456. The SMILES string of the molecule is CCc1c(SC)[nH]c2c(CN3CCN(CCNC(=O)CCCCCN4C(=O)C=CC4=O)CC3)c(O)ccc12. The molecular formula is C28H39N5O4S. The number of aromatic nitrogens is 1. The van der Waals surface area contributed by atoms with E-state index in [2.05, 4.69) is 33.3 Å². The van der Waals surface area contributed by atoms with Crippen LogP contribution in [0.2, 0.25) is 0 Å². The molecule has 3 heterocycles. The number of fused-ring (bicyclic) bond motifs is 1. The molecule has 2 aliphatic heterocycles. The molecule has 1 aromatic carbocycles. The number of carbonyl (C=O) groups is 3. The number of phenolic OH excluding ortho intramolecular Hbond substituents is 1. The Morgan fingerprint density at radius 1 is 1.00 bits per heavy atom. The van der Waals surface area contributed by atoms with E-state index in [1.165, 1.54) is 33.0 Å². The Morgan fingerprint density at radius 3 is 2.39 bits per heavy atom. The van der Waals surface area contributed by atoms with Crippen molar-refractivity contribution in [2.24, 2.45) is 0 Å². The molecular weight excluding hydrogens is 502 g/mol. The van der Waals surface area contributed by atoms with Crippen molar-refractivity contribution in [3.63, 3.8) is 0 Å². The van der Waals surface area contributed by atoms with Gasteiger partial charge < -0.3 is 15.4 Å². The molecule has 0 saturated carbocycles. The minimum atomic E-state index is -0.250. The van der Waals surface area contributed by atoms with Gasteiger partial charge in [-0.3, -0.25) is 29.1 Å². The molecule has 3 amide bonds. The smallest absolute Gasteiger partial charge is 0.253 e. The highest BCUT2D eigenvalue weighted by atomic mass is 32.2. The second-order valence-corrected chi connectivity index (χ2v) is 10.7. The number of aryl methyl sites for hydroxylation is 1. The maximum atomic E-state index is 12.2. The number of hydrogen-bond donors (Lipinski definition) is 3. The predicted octanol–water partition coefficient (Wildman–Crippen LogP) is 2.88. The van der Waals surface area contributed by atoms with Crippen molar-refractivity contribution in [1.29, 1.82) is 0 Å². The van der Waals surface area contributed by atoms with Crippen LogP contribution in [0.1, 0.15) is 43.7 Å². The van der Waals surface area contributed by atoms with E-state index in [4.69, 9.17) is 0 Å². The van der Waals surface area contributed by atoms with Gasteiger partial charge in [0.05, 0.1) is 10.5 Å². The predicted molar refractivity (Wildman–Crippen MR) is 150 cm³/mol. The van der Waals surface area contributed by atoms with Gasteiger partial charge in [-0.2, -0.15) is 0 Å². The number of H-pyrrole nitrogens is 1. The molecule has 0 radical (unpaired) electrons. The van der Waals surface area contributed by atoms with Crippen LogP contribution in [0, 0.1) is 0 Å². The summed E-state index contributed by atoms with van der Waals surface area (Å²) in [5, 5.41) is 16.0. The summed E-state index contributed by atoms with van der Waals surface area (Å²) < 4.78 is 0. The van der Waals surface area contributed by atoms with Gasteiger partial charge in [-0.15, -0.1) is 11.8 Å². The summed E-state index contributed by atoms with van der Waals surface area (Å²) in [6.07, 6.45) is 8.35. The molecule has 0 aliphatic carbocycles. The lowest BCUT2D eigenvalue weighted by molar-refractivity contribution is -0.137. The first-order valence-corrected chi connectivity index (χ1v) is 14.8. The number of aromatic hydroxyl groups is 1. The van der Waals surface area contributed by atoms with E-state index >= 15 is 0 Å². The van der Waals surface area contributed by atoms with Crippen LogP contribution in [-0.2, 0) is 27.3 Å². The van der Waals surface area contributed by atoms with Crippen molar-refractivity contribution in [1.82, 2.24) is 25.0 Å². The molecule has 9 nitrogen and oxygen atoms in total. The average molecular weight is 542 g/mol. The number of unbranched alkanes of at least 4 members (excludes halogenated alkanes) is 2. The van der Waals surface area contributed by atoms with Gasteiger partial charge in [0.1, 0.15) is 5.75 Å². The molecule has 2 aromatic rings. The van der Waals surface area contributed by atoms with Crippen LogP contribution in [0.25, 0.3) is 10.9 Å². The fourth-order valence-corrected chi connectivity index (χ4v) is 5.95. The highest BCUT2D eigenvalue weighted by molar-refractivity contribution is 7.98. The van der Waals surface area contributed by atoms with E-state index in [9.17, 15) is 19.5 Å². The molecule has 10 heteroatoms. The van der Waals surface area contributed by atoms with Gasteiger partial charge in [0, 0.05) is 81.9 Å². The second-order valence-electron chi connectivity index (χ2n) is 9.92. The number of rotatable bonds is 13. The fraction of sp³-hybridized carbons (Fsp3) is 0.536. The first-order valence-electron chi connectivity index (χ1n) is 13.6. The molecule has 2 aliphatic rings. The molecule has 0 bridgehead atoms. The van der Waals surface area contributed by atoms with Crippen LogP contribution < -0.4 is 5.32 Å². The molecule has 0 unspecified atom stereocenters. The monoisotopic (exact) mass is 541 g/mol. The van der Waals surface area contributed by atoms with Crippen molar-refractivity contribution in [2.75, 3.05) is 52.1 Å². The van der Waals surface area contributed by atoms with Gasteiger partial charge in [-0.05, 0) is 43.2 Å². The van der Waals surface area contributed by atoms with Crippen LogP contribution >= 0.6 is 11.8 Å². The zero-order valence-electron chi connectivity index (χ0n) is 22.4. The lowest BCUT2D eigenvalue weighted by Gasteiger charge is -2.34. The van der Waals surface area contributed by atoms with Crippen molar-refractivity contribution < 1.29 is 19.5 Å². The summed E-state index contributed by atoms with van der Waals surface area (Å²) in [6.45, 7) is 8.42. The number of benzene rings is 1. The molecule has 1 saturated heterocycles. The highest BCUT2D eigenvalue weighted by Crippen LogP contribution is 2.35. The van der Waals surface area contributed by atoms with Crippen LogP contribution in [0.3, 0.4) is 0 Å². The molecule has 38 heavy (non-hydrogen) atoms. The molecule has 3 N–H and O–H groups in total. The quantitative estimate of drug-likeness (QED) is 0.203. The average Bonchev–Trinajstić information content (AvgIpc) is 3.45. The Kier molecular flexibility index (Phi) is 9.87. The third kappa shape index (κ3) is 6.78. The van der Waals surface area contributed by atoms with Crippen molar-refractivity contribution in [2.45, 2.75) is 50.6 Å². The zero-order valence-corrected chi connectivity index (χ0v) is 23.2. The Labute approximate surface area is 228 Å². The van der Waals surface area contributed by atoms with E-state index in [0.29, 0.717) is 38.2 Å². The van der Waals surface area contributed by atoms with Gasteiger partial charge in [0.15, 0.2) is 0 Å². The molecule has 0 atom stereocenters. The first kappa shape index (κ1) is 28.2. The number of hydrogen-bond acceptors (Lipinski definition) is 7. The third-order valence-corrected chi connectivity index (χ3v) is 8.22. The standard InChI is InChI=1S/C28H39N5O4S/c1-3-20-21-8-9-23(34)22(27(21)30-28(20)38-2)19-32-17-15-31(16-18-32)14-12-29-24(35)7-5-4-6-13-33-25(36)10-11-26(33)37/h8-11,30,34H,3-7,12-19H2,1-2H3,(H,29,35). The van der Waals surface area contributed by atoms with E-state index in [1.807, 2.05) is 12.1 Å². The van der Waals surface area contributed by atoms with Gasteiger partial charge in [-0.25, -0.2) is 0 Å². The number of thioether (sulfide) groups is 1. The maximum absolute atomic E-state index is 12.2. The summed E-state index contributed by atoms with van der Waals surface area (Å²) in [6, 6.07) is 3.84. The largest absolute Gasteiger partial charge is 0.508 e. The second kappa shape index (κ2) is 13.3. The lowest BCUT2D eigenvalue weighted by atomic mass is 10.1. The molecule has 1 aromatic heterocycles. The molecule has 4 rings (SSSR count). The van der Waals surface area contributed by atoms with Crippen molar-refractivity contribution in [3.05, 3.63) is 35.4 Å². The Morgan fingerprint density at radius 2 is 1.71 bits per heavy atom. The minimum Gasteiger partial charge on any atom is -0.508 e. The first-order chi connectivity index (χ1) is 18.4. The summed E-state index contributed by atoms with van der Waals surface area (Å²) in [5.74, 6) is -0.113. The molecule has 0 spiro atoms. The summed E-state index contributed by atoms with van der Waals surface area (Å²) in [5.41, 5.74) is 3.33. The van der Waals surface area contributed by atoms with Gasteiger partial charge in [-0.1, -0.05) is 13.3 Å². The van der Waals surface area contributed by atoms with Gasteiger partial charge in [0.2, 0.25) is 5.91 Å². The number of imide groups is 1. The van der Waals surface area contributed by atoms with Crippen molar-refractivity contribution in [3.8, 4) is 5.75 Å². The van der Waals surface area contributed by atoms with Crippen LogP contribution in [-0.4, -0.2) is 94.6 Å². The zero-order chi connectivity index (χ0) is 27.1. The number of amides is 3.